The molecule has 4 aromatic carbocycles. The van der Waals surface area contributed by atoms with Crippen LogP contribution in [0.25, 0.3) is 0 Å². The van der Waals surface area contributed by atoms with Crippen molar-refractivity contribution in [2.45, 2.75) is 67.9 Å². The van der Waals surface area contributed by atoms with E-state index in [0.717, 1.165) is 44.8 Å². The van der Waals surface area contributed by atoms with E-state index >= 15 is 0 Å². The number of hydrogen-bond acceptors (Lipinski definition) is 8. The van der Waals surface area contributed by atoms with Gasteiger partial charge in [0.2, 0.25) is 0 Å². The molecule has 0 aromatic heterocycles. The van der Waals surface area contributed by atoms with E-state index in [1.165, 1.54) is 13.8 Å². The molecule has 8 rings (SSSR count). The highest BCUT2D eigenvalue weighted by Gasteiger charge is 2.55. The minimum Gasteiger partial charge on any atom is -0.425 e. The lowest BCUT2D eigenvalue weighted by atomic mass is 9.68. The summed E-state index contributed by atoms with van der Waals surface area (Å²) in [6, 6.07) is 34.8. The summed E-state index contributed by atoms with van der Waals surface area (Å²) in [5.41, 5.74) is 6.62. The van der Waals surface area contributed by atoms with Crippen LogP contribution in [-0.4, -0.2) is 37.9 Å². The van der Waals surface area contributed by atoms with Gasteiger partial charge in [-0.05, 0) is 61.1 Å². The van der Waals surface area contributed by atoms with E-state index in [1.54, 1.807) is 0 Å². The van der Waals surface area contributed by atoms with Gasteiger partial charge in [0, 0.05) is 25.0 Å². The summed E-state index contributed by atoms with van der Waals surface area (Å²) in [6.45, 7) is 6.63. The molecule has 0 bridgehead atoms. The van der Waals surface area contributed by atoms with Crippen LogP contribution in [0.2, 0.25) is 0 Å². The molecule has 0 saturated carbocycles. The SMILES string of the molecule is CC(=O)OC1=C(C)C[C@]2(c3ccccc3)C1=Nc1ccccc1[C@@H]2O.CC(=O)OC1=C(C)C[C@]2(c3ccccc3)C1=Nc1ccccc1[C@@H]2O.ClC(Cl)Cl. The summed E-state index contributed by atoms with van der Waals surface area (Å²) in [7, 11) is 0. The number of para-hydroxylation sites is 2. The molecular weight excluding hydrogens is 747 g/mol. The van der Waals surface area contributed by atoms with Crippen molar-refractivity contribution >= 4 is 69.5 Å². The zero-order chi connectivity index (χ0) is 38.8. The fourth-order valence-electron chi connectivity index (χ4n) is 7.96. The molecule has 8 nitrogen and oxygen atoms in total. The second kappa shape index (κ2) is 16.0. The number of aliphatic imine (C=N–C) groups is 2. The van der Waals surface area contributed by atoms with Crippen LogP contribution >= 0.6 is 34.8 Å². The Balaban J connectivity index is 0.000000168. The monoisotopic (exact) mass is 784 g/mol. The van der Waals surface area contributed by atoms with Gasteiger partial charge in [-0.1, -0.05) is 132 Å². The van der Waals surface area contributed by atoms with Crippen LogP contribution in [0.3, 0.4) is 0 Å². The van der Waals surface area contributed by atoms with Crippen LogP contribution < -0.4 is 0 Å². The molecule has 2 aliphatic carbocycles. The Morgan fingerprint density at radius 2 is 0.926 bits per heavy atom. The minimum atomic E-state index is -0.762. The van der Waals surface area contributed by atoms with Crippen LogP contribution in [0.15, 0.2) is 142 Å². The molecule has 4 aromatic rings. The summed E-state index contributed by atoms with van der Waals surface area (Å²) in [6.07, 6.45) is -0.398. The van der Waals surface area contributed by atoms with Crippen molar-refractivity contribution in [1.82, 2.24) is 0 Å². The average Bonchev–Trinajstić information content (AvgIpc) is 3.59. The predicted molar refractivity (Wildman–Crippen MR) is 213 cm³/mol. The number of allylic oxidation sites excluding steroid dienone is 4. The molecule has 0 unspecified atom stereocenters. The first-order valence-electron chi connectivity index (χ1n) is 17.3. The van der Waals surface area contributed by atoms with Crippen molar-refractivity contribution in [3.8, 4) is 0 Å². The van der Waals surface area contributed by atoms with E-state index in [9.17, 15) is 19.8 Å². The van der Waals surface area contributed by atoms with Gasteiger partial charge in [0.15, 0.2) is 15.8 Å². The quantitative estimate of drug-likeness (QED) is 0.157. The number of alkyl halides is 3. The van der Waals surface area contributed by atoms with Crippen LogP contribution in [0.4, 0.5) is 11.4 Å². The van der Waals surface area contributed by atoms with Gasteiger partial charge in [-0.15, -0.1) is 0 Å². The number of nitrogens with zero attached hydrogens (tertiary/aromatic N) is 2. The maximum absolute atomic E-state index is 11.6. The van der Waals surface area contributed by atoms with Gasteiger partial charge in [0.1, 0.15) is 0 Å². The van der Waals surface area contributed by atoms with E-state index < -0.39 is 27.3 Å². The molecule has 0 radical (unpaired) electrons. The lowest BCUT2D eigenvalue weighted by molar-refractivity contribution is -0.137. The molecule has 0 fully saturated rings. The number of benzene rings is 4. The number of hydrogen-bond donors (Lipinski definition) is 2. The zero-order valence-electron chi connectivity index (χ0n) is 30.1. The molecule has 2 N–H and O–H groups in total. The Kier molecular flexibility index (Phi) is 11.6. The number of carbonyl (C=O) groups is 2. The predicted octanol–water partition coefficient (Wildman–Crippen LogP) is 9.96. The Bertz CT molecular complexity index is 2040. The Morgan fingerprint density at radius 3 is 1.26 bits per heavy atom. The van der Waals surface area contributed by atoms with Gasteiger partial charge in [0.05, 0.1) is 45.8 Å². The molecule has 2 heterocycles. The molecule has 11 heteroatoms. The highest BCUT2D eigenvalue weighted by Crippen LogP contribution is 2.56. The largest absolute Gasteiger partial charge is 0.425 e. The summed E-state index contributed by atoms with van der Waals surface area (Å²) in [4.78, 5) is 32.9. The lowest BCUT2D eigenvalue weighted by Crippen LogP contribution is -2.41. The van der Waals surface area contributed by atoms with Crippen molar-refractivity contribution in [2.75, 3.05) is 0 Å². The number of fused-ring (bicyclic) bond motifs is 4. The van der Waals surface area contributed by atoms with Gasteiger partial charge in [0.25, 0.3) is 0 Å². The molecule has 54 heavy (non-hydrogen) atoms. The number of aliphatic hydroxyl groups is 2. The highest BCUT2D eigenvalue weighted by atomic mass is 35.6. The first kappa shape index (κ1) is 39.1. The summed E-state index contributed by atoms with van der Waals surface area (Å²) >= 11 is 14.4. The second-order valence-electron chi connectivity index (χ2n) is 13.5. The third-order valence-electron chi connectivity index (χ3n) is 10.1. The smallest absolute Gasteiger partial charge is 0.308 e. The normalized spacial score (nSPS) is 23.3. The number of halogens is 3. The van der Waals surface area contributed by atoms with E-state index in [-0.39, 0.29) is 11.9 Å². The van der Waals surface area contributed by atoms with Gasteiger partial charge in [-0.2, -0.15) is 0 Å². The van der Waals surface area contributed by atoms with E-state index in [1.807, 2.05) is 123 Å². The third-order valence-corrected chi connectivity index (χ3v) is 10.1. The fourth-order valence-corrected chi connectivity index (χ4v) is 7.96. The van der Waals surface area contributed by atoms with Crippen molar-refractivity contribution in [3.63, 3.8) is 0 Å². The van der Waals surface area contributed by atoms with Crippen LogP contribution in [0, 0.1) is 0 Å². The Labute approximate surface area is 329 Å². The molecular formula is C43H39Cl3N2O6. The number of rotatable bonds is 4. The lowest BCUT2D eigenvalue weighted by Gasteiger charge is -2.39. The maximum Gasteiger partial charge on any atom is 0.308 e. The first-order chi connectivity index (χ1) is 25.8. The van der Waals surface area contributed by atoms with Gasteiger partial charge in [-0.3, -0.25) is 9.59 Å². The fraction of sp³-hybridized carbons (Fsp3) is 0.256. The van der Waals surface area contributed by atoms with E-state index in [4.69, 9.17) is 54.3 Å². The number of carbonyl (C=O) groups excluding carboxylic acids is 2. The van der Waals surface area contributed by atoms with E-state index in [2.05, 4.69) is 0 Å². The van der Waals surface area contributed by atoms with Crippen LogP contribution in [-0.2, 0) is 29.9 Å². The number of aliphatic hydroxyl groups excluding tert-OH is 2. The second-order valence-corrected chi connectivity index (χ2v) is 15.5. The molecule has 4 atom stereocenters. The first-order valence-corrected chi connectivity index (χ1v) is 18.6. The van der Waals surface area contributed by atoms with Gasteiger partial charge >= 0.3 is 11.9 Å². The zero-order valence-corrected chi connectivity index (χ0v) is 32.4. The molecule has 0 spiro atoms. The van der Waals surface area contributed by atoms with Crippen molar-refractivity contribution in [1.29, 1.82) is 0 Å². The van der Waals surface area contributed by atoms with Crippen molar-refractivity contribution in [3.05, 3.63) is 154 Å². The summed E-state index contributed by atoms with van der Waals surface area (Å²) in [5, 5.41) is 22.7. The highest BCUT2D eigenvalue weighted by molar-refractivity contribution is 6.63. The standard InChI is InChI=1S/2C21H19NO3.CHCl3/c2*1-13-12-21(15-8-4-3-5-9-15)19(18(13)25-14(2)23)22-17-11-7-6-10-16(17)20(21)24;2-1(3)4/h2*3-11,20,24H,12H2,1-2H3;1H/t2*20-,21-;/m00./s1. The van der Waals surface area contributed by atoms with Crippen molar-refractivity contribution < 1.29 is 29.3 Å². The topological polar surface area (TPSA) is 118 Å². The van der Waals surface area contributed by atoms with Gasteiger partial charge in [-0.25, -0.2) is 9.98 Å². The summed E-state index contributed by atoms with van der Waals surface area (Å²) < 4.78 is 10.3. The van der Waals surface area contributed by atoms with Gasteiger partial charge < -0.3 is 19.7 Å². The number of ether oxygens (including phenoxy) is 2. The van der Waals surface area contributed by atoms with Crippen molar-refractivity contribution in [2.24, 2.45) is 9.98 Å². The number of esters is 2. The maximum atomic E-state index is 11.6. The molecule has 0 amide bonds. The summed E-state index contributed by atoms with van der Waals surface area (Å²) in [5.74, 6) is 0.221. The van der Waals surface area contributed by atoms with Crippen LogP contribution in [0.5, 0.6) is 0 Å². The molecule has 0 saturated heterocycles. The minimum absolute atomic E-state index is 0.380. The Hall–Kier alpha value is -4.57. The van der Waals surface area contributed by atoms with Crippen LogP contribution in [0.1, 0.15) is 75.0 Å². The van der Waals surface area contributed by atoms with E-state index in [0.29, 0.717) is 35.8 Å². The third kappa shape index (κ3) is 7.17. The molecule has 278 valence electrons. The average molecular weight is 786 g/mol. The molecule has 2 aliphatic heterocycles. The Morgan fingerprint density at radius 1 is 0.611 bits per heavy atom. The molecule has 4 aliphatic rings.